The first-order chi connectivity index (χ1) is 7.31. The highest BCUT2D eigenvalue weighted by atomic mass is 14.3. The van der Waals surface area contributed by atoms with Crippen molar-refractivity contribution in [1.82, 2.24) is 0 Å². The Morgan fingerprint density at radius 2 is 2.13 bits per heavy atom. The highest BCUT2D eigenvalue weighted by molar-refractivity contribution is 5.27. The zero-order valence-electron chi connectivity index (χ0n) is 9.84. The normalized spacial score (nSPS) is 31.8. The summed E-state index contributed by atoms with van der Waals surface area (Å²) in [7, 11) is 0. The molecule has 0 N–H and O–H groups in total. The van der Waals surface area contributed by atoms with Gasteiger partial charge >= 0.3 is 0 Å². The Labute approximate surface area is 93.8 Å². The average molecular weight is 202 g/mol. The molecule has 82 valence electrons. The molecule has 2 aliphatic rings. The first-order valence-corrected chi connectivity index (χ1v) is 6.31. The van der Waals surface area contributed by atoms with E-state index in [2.05, 4.69) is 25.7 Å². The Bertz CT molecular complexity index is 293. The first-order valence-electron chi connectivity index (χ1n) is 6.31. The van der Waals surface area contributed by atoms with Crippen molar-refractivity contribution in [3.8, 4) is 0 Å². The SMILES string of the molecule is C=C/C=C/C1CCCC2=C1CC(C)CC2. The number of allylic oxidation sites excluding steroid dienone is 5. The zero-order chi connectivity index (χ0) is 10.7. The maximum Gasteiger partial charge on any atom is -0.00173 e. The van der Waals surface area contributed by atoms with Gasteiger partial charge in [-0.2, -0.15) is 0 Å². The van der Waals surface area contributed by atoms with Crippen LogP contribution in [0.15, 0.2) is 36.0 Å². The Balaban J connectivity index is 2.17. The van der Waals surface area contributed by atoms with Crippen molar-refractivity contribution < 1.29 is 0 Å². The summed E-state index contributed by atoms with van der Waals surface area (Å²) >= 11 is 0. The molecule has 0 aromatic carbocycles. The van der Waals surface area contributed by atoms with Crippen molar-refractivity contribution in [2.75, 3.05) is 0 Å². The van der Waals surface area contributed by atoms with Crippen LogP contribution < -0.4 is 0 Å². The van der Waals surface area contributed by atoms with Crippen LogP contribution in [0.25, 0.3) is 0 Å². The molecular weight excluding hydrogens is 180 g/mol. The van der Waals surface area contributed by atoms with Crippen molar-refractivity contribution in [1.29, 1.82) is 0 Å². The van der Waals surface area contributed by atoms with Gasteiger partial charge in [0.15, 0.2) is 0 Å². The van der Waals surface area contributed by atoms with Gasteiger partial charge < -0.3 is 0 Å². The fraction of sp³-hybridized carbons (Fsp3) is 0.600. The zero-order valence-corrected chi connectivity index (χ0v) is 9.84. The van der Waals surface area contributed by atoms with Crippen LogP contribution >= 0.6 is 0 Å². The van der Waals surface area contributed by atoms with E-state index in [4.69, 9.17) is 0 Å². The van der Waals surface area contributed by atoms with Gasteiger partial charge in [-0.15, -0.1) is 0 Å². The lowest BCUT2D eigenvalue weighted by Crippen LogP contribution is -2.17. The molecule has 0 saturated heterocycles. The molecule has 0 heteroatoms. The van der Waals surface area contributed by atoms with Crippen molar-refractivity contribution in [2.24, 2.45) is 11.8 Å². The third-order valence-electron chi connectivity index (χ3n) is 3.88. The highest BCUT2D eigenvalue weighted by Crippen LogP contribution is 2.41. The molecule has 15 heavy (non-hydrogen) atoms. The Hall–Kier alpha value is -0.780. The highest BCUT2D eigenvalue weighted by Gasteiger charge is 2.25. The van der Waals surface area contributed by atoms with Crippen LogP contribution in [0.3, 0.4) is 0 Å². The van der Waals surface area contributed by atoms with Gasteiger partial charge in [0, 0.05) is 0 Å². The van der Waals surface area contributed by atoms with Crippen LogP contribution in [-0.2, 0) is 0 Å². The summed E-state index contributed by atoms with van der Waals surface area (Å²) in [6, 6.07) is 0. The average Bonchev–Trinajstić information content (AvgIpc) is 2.26. The lowest BCUT2D eigenvalue weighted by molar-refractivity contribution is 0.424. The molecule has 0 radical (unpaired) electrons. The van der Waals surface area contributed by atoms with E-state index in [1.165, 1.54) is 38.5 Å². The molecule has 2 unspecified atom stereocenters. The summed E-state index contributed by atoms with van der Waals surface area (Å²) in [6.07, 6.45) is 14.6. The van der Waals surface area contributed by atoms with E-state index < -0.39 is 0 Å². The summed E-state index contributed by atoms with van der Waals surface area (Å²) in [6.45, 7) is 6.16. The van der Waals surface area contributed by atoms with Crippen molar-refractivity contribution >= 4 is 0 Å². The van der Waals surface area contributed by atoms with Crippen LogP contribution in [-0.4, -0.2) is 0 Å². The fourth-order valence-electron chi connectivity index (χ4n) is 3.04. The molecule has 2 rings (SSSR count). The molecule has 2 aliphatic carbocycles. The lowest BCUT2D eigenvalue weighted by atomic mass is 9.73. The van der Waals surface area contributed by atoms with Gasteiger partial charge in [-0.3, -0.25) is 0 Å². The number of hydrogen-bond donors (Lipinski definition) is 0. The van der Waals surface area contributed by atoms with Crippen LogP contribution in [0.2, 0.25) is 0 Å². The van der Waals surface area contributed by atoms with Crippen molar-refractivity contribution in [3.05, 3.63) is 36.0 Å². The first kappa shape index (κ1) is 10.7. The predicted octanol–water partition coefficient (Wildman–Crippen LogP) is 4.65. The standard InChI is InChI=1S/C15H22/c1-3-4-6-13-7-5-8-14-10-9-12(2)11-15(13)14/h3-4,6,12-13H,1,5,7-11H2,2H3/b6-4+. The monoisotopic (exact) mass is 202 g/mol. The van der Waals surface area contributed by atoms with E-state index in [1.54, 1.807) is 11.1 Å². The van der Waals surface area contributed by atoms with E-state index in [9.17, 15) is 0 Å². The fourth-order valence-corrected chi connectivity index (χ4v) is 3.04. The molecule has 0 heterocycles. The van der Waals surface area contributed by atoms with Gasteiger partial charge in [-0.25, -0.2) is 0 Å². The smallest absolute Gasteiger partial charge is 0.00173 e. The van der Waals surface area contributed by atoms with Crippen molar-refractivity contribution in [2.45, 2.75) is 45.4 Å². The second kappa shape index (κ2) is 4.83. The quantitative estimate of drug-likeness (QED) is 0.452. The molecular formula is C15H22. The second-order valence-electron chi connectivity index (χ2n) is 5.10. The molecule has 0 amide bonds. The van der Waals surface area contributed by atoms with Gasteiger partial charge in [0.1, 0.15) is 0 Å². The van der Waals surface area contributed by atoms with Gasteiger partial charge in [-0.05, 0) is 50.4 Å². The summed E-state index contributed by atoms with van der Waals surface area (Å²) in [5, 5.41) is 0. The van der Waals surface area contributed by atoms with Gasteiger partial charge in [0.25, 0.3) is 0 Å². The topological polar surface area (TPSA) is 0 Å². The van der Waals surface area contributed by atoms with E-state index in [1.807, 2.05) is 6.08 Å². The van der Waals surface area contributed by atoms with Gasteiger partial charge in [0.05, 0.1) is 0 Å². The summed E-state index contributed by atoms with van der Waals surface area (Å²) < 4.78 is 0. The molecule has 0 fully saturated rings. The molecule has 0 aliphatic heterocycles. The third kappa shape index (κ3) is 2.42. The minimum atomic E-state index is 0.731. The maximum absolute atomic E-state index is 3.76. The van der Waals surface area contributed by atoms with Crippen LogP contribution in [0, 0.1) is 11.8 Å². The Kier molecular flexibility index (Phi) is 3.45. The molecule has 0 aromatic heterocycles. The molecule has 0 spiro atoms. The van der Waals surface area contributed by atoms with Crippen LogP contribution in [0.4, 0.5) is 0 Å². The summed E-state index contributed by atoms with van der Waals surface area (Å²) in [5.74, 6) is 1.64. The maximum atomic E-state index is 3.76. The predicted molar refractivity (Wildman–Crippen MR) is 66.7 cm³/mol. The van der Waals surface area contributed by atoms with Crippen molar-refractivity contribution in [3.63, 3.8) is 0 Å². The minimum Gasteiger partial charge on any atom is -0.0991 e. The molecule has 0 saturated carbocycles. The summed E-state index contributed by atoms with van der Waals surface area (Å²) in [5.41, 5.74) is 3.57. The second-order valence-corrected chi connectivity index (χ2v) is 5.10. The lowest BCUT2D eigenvalue weighted by Gasteiger charge is -2.33. The van der Waals surface area contributed by atoms with E-state index in [0.29, 0.717) is 0 Å². The van der Waals surface area contributed by atoms with Gasteiger partial charge in [0.2, 0.25) is 0 Å². The van der Waals surface area contributed by atoms with E-state index in [0.717, 1.165) is 11.8 Å². The van der Waals surface area contributed by atoms with Crippen LogP contribution in [0.5, 0.6) is 0 Å². The largest absolute Gasteiger partial charge is 0.0991 e. The Morgan fingerprint density at radius 3 is 2.93 bits per heavy atom. The molecule has 0 aromatic rings. The summed E-state index contributed by atoms with van der Waals surface area (Å²) in [4.78, 5) is 0. The number of rotatable bonds is 2. The minimum absolute atomic E-state index is 0.731. The van der Waals surface area contributed by atoms with E-state index >= 15 is 0 Å². The molecule has 0 nitrogen and oxygen atoms in total. The van der Waals surface area contributed by atoms with Gasteiger partial charge in [-0.1, -0.05) is 42.9 Å². The number of hydrogen-bond acceptors (Lipinski definition) is 0. The van der Waals surface area contributed by atoms with Crippen LogP contribution in [0.1, 0.15) is 45.4 Å². The Morgan fingerprint density at radius 1 is 1.27 bits per heavy atom. The third-order valence-corrected chi connectivity index (χ3v) is 3.88. The molecule has 2 atom stereocenters. The molecule has 0 bridgehead atoms. The van der Waals surface area contributed by atoms with E-state index in [-0.39, 0.29) is 0 Å².